The summed E-state index contributed by atoms with van der Waals surface area (Å²) in [6.45, 7) is 2.71. The van der Waals surface area contributed by atoms with E-state index in [2.05, 4.69) is 67.4 Å². The van der Waals surface area contributed by atoms with E-state index in [4.69, 9.17) is 11.6 Å². The molecule has 1 radical (unpaired) electrons. The number of H-pyrrole nitrogens is 1. The third-order valence-corrected chi connectivity index (χ3v) is 5.49. The van der Waals surface area contributed by atoms with Gasteiger partial charge in [-0.2, -0.15) is 0 Å². The van der Waals surface area contributed by atoms with E-state index in [0.29, 0.717) is 17.5 Å². The molecule has 0 bridgehead atoms. The Morgan fingerprint density at radius 1 is 1.10 bits per heavy atom. The minimum Gasteiger partial charge on any atom is -0.396 e. The Hall–Kier alpha value is -3.03. The van der Waals surface area contributed by atoms with Crippen molar-refractivity contribution in [3.05, 3.63) is 77.2 Å². The highest BCUT2D eigenvalue weighted by molar-refractivity contribution is 6.30. The van der Waals surface area contributed by atoms with Crippen molar-refractivity contribution in [3.63, 3.8) is 0 Å². The summed E-state index contributed by atoms with van der Waals surface area (Å²) in [6.07, 6.45) is 4.68. The average molecular weight is 436 g/mol. The molecule has 2 N–H and O–H groups in total. The highest BCUT2D eigenvalue weighted by atomic mass is 35.5. The van der Waals surface area contributed by atoms with Gasteiger partial charge in [-0.05, 0) is 33.5 Å². The first-order valence-corrected chi connectivity index (χ1v) is 10.7. The molecule has 7 nitrogen and oxygen atoms in total. The number of aromatic nitrogens is 6. The smallest absolute Gasteiger partial charge is 0.180 e. The topological polar surface area (TPSA) is 92.5 Å². The summed E-state index contributed by atoms with van der Waals surface area (Å²) in [5.74, 6) is 1.58. The molecular weight excluding hydrogens is 412 g/mol. The van der Waals surface area contributed by atoms with Crippen LogP contribution in [-0.4, -0.2) is 41.9 Å². The van der Waals surface area contributed by atoms with Gasteiger partial charge in [-0.25, -0.2) is 10.1 Å². The molecule has 4 rings (SSSR count). The molecule has 2 aromatic heterocycles. The van der Waals surface area contributed by atoms with Crippen molar-refractivity contribution in [2.75, 3.05) is 6.61 Å². The Morgan fingerprint density at radius 2 is 1.87 bits per heavy atom. The summed E-state index contributed by atoms with van der Waals surface area (Å²) >= 11 is 6.35. The third kappa shape index (κ3) is 4.68. The number of nitrogens with one attached hydrogen (secondary N) is 1. The monoisotopic (exact) mass is 435 g/mol. The maximum atomic E-state index is 9.41. The second-order valence-electron chi connectivity index (χ2n) is 7.27. The number of imidazole rings is 1. The highest BCUT2D eigenvalue weighted by Crippen LogP contribution is 2.30. The summed E-state index contributed by atoms with van der Waals surface area (Å²) < 4.78 is 2.09. The first-order valence-electron chi connectivity index (χ1n) is 10.3. The first kappa shape index (κ1) is 21.2. The van der Waals surface area contributed by atoms with Crippen LogP contribution in [0.25, 0.3) is 22.5 Å². The fourth-order valence-electron chi connectivity index (χ4n) is 3.65. The number of nitrogens with zero attached hydrogens (tertiary/aromatic N) is 5. The molecule has 0 spiro atoms. The number of unbranched alkanes of at least 4 members (excludes halogenated alkanes) is 1. The van der Waals surface area contributed by atoms with E-state index >= 15 is 0 Å². The van der Waals surface area contributed by atoms with Gasteiger partial charge in [-0.3, -0.25) is 0 Å². The van der Waals surface area contributed by atoms with E-state index < -0.39 is 0 Å². The molecule has 2 heterocycles. The van der Waals surface area contributed by atoms with Crippen LogP contribution < -0.4 is 0 Å². The van der Waals surface area contributed by atoms with Gasteiger partial charge in [0.15, 0.2) is 11.0 Å². The molecule has 0 saturated carbocycles. The van der Waals surface area contributed by atoms with Gasteiger partial charge in [0.25, 0.3) is 0 Å². The third-order valence-electron chi connectivity index (χ3n) is 5.21. The van der Waals surface area contributed by atoms with Crippen molar-refractivity contribution in [1.82, 2.24) is 30.2 Å². The van der Waals surface area contributed by atoms with Crippen LogP contribution in [0.1, 0.15) is 36.8 Å². The number of hydrogen-bond donors (Lipinski definition) is 2. The molecule has 0 amide bonds. The predicted octanol–water partition coefficient (Wildman–Crippen LogP) is 4.32. The summed E-state index contributed by atoms with van der Waals surface area (Å²) in [6, 6.07) is 16.4. The molecule has 0 aliphatic carbocycles. The fraction of sp³-hybridized carbons (Fsp3) is 0.261. The molecule has 0 saturated heterocycles. The minimum atomic E-state index is -0.0785. The van der Waals surface area contributed by atoms with E-state index in [0.717, 1.165) is 53.0 Å². The van der Waals surface area contributed by atoms with Gasteiger partial charge in [0, 0.05) is 24.9 Å². The molecule has 0 unspecified atom stereocenters. The Labute approximate surface area is 186 Å². The Balaban J connectivity index is 1.62. The quantitative estimate of drug-likeness (QED) is 0.408. The van der Waals surface area contributed by atoms with Crippen molar-refractivity contribution in [1.29, 1.82) is 0 Å². The van der Waals surface area contributed by atoms with Crippen LogP contribution in [0.2, 0.25) is 5.15 Å². The van der Waals surface area contributed by atoms with Gasteiger partial charge in [-0.1, -0.05) is 73.5 Å². The van der Waals surface area contributed by atoms with E-state index in [1.165, 1.54) is 0 Å². The van der Waals surface area contributed by atoms with E-state index in [1.807, 2.05) is 18.2 Å². The first-order chi connectivity index (χ1) is 15.2. The van der Waals surface area contributed by atoms with Gasteiger partial charge in [0.05, 0.1) is 12.3 Å². The van der Waals surface area contributed by atoms with Gasteiger partial charge < -0.3 is 9.67 Å². The summed E-state index contributed by atoms with van der Waals surface area (Å²) in [4.78, 5) is 4.53. The zero-order chi connectivity index (χ0) is 21.6. The summed E-state index contributed by atoms with van der Waals surface area (Å²) in [5.41, 5.74) is 4.97. The van der Waals surface area contributed by atoms with E-state index in [9.17, 15) is 5.11 Å². The zero-order valence-corrected chi connectivity index (χ0v) is 18.0. The number of halogens is 1. The molecule has 8 heteroatoms. The molecule has 0 aliphatic rings. The lowest BCUT2D eigenvalue weighted by Crippen LogP contribution is -2.09. The van der Waals surface area contributed by atoms with Gasteiger partial charge >= 0.3 is 0 Å². The molecule has 4 aromatic rings. The number of aliphatic hydroxyl groups excluding tert-OH is 1. The maximum absolute atomic E-state index is 9.41. The lowest BCUT2D eigenvalue weighted by atomic mass is 9.98. The van der Waals surface area contributed by atoms with Gasteiger partial charge in [-0.15, -0.1) is 5.10 Å². The van der Waals surface area contributed by atoms with Gasteiger partial charge in [0.2, 0.25) is 0 Å². The summed E-state index contributed by atoms with van der Waals surface area (Å²) in [7, 11) is 0. The summed E-state index contributed by atoms with van der Waals surface area (Å²) in [5, 5.41) is 24.1. The molecule has 2 aromatic carbocycles. The Kier molecular flexibility index (Phi) is 6.74. The zero-order valence-electron chi connectivity index (χ0n) is 17.3. The lowest BCUT2D eigenvalue weighted by molar-refractivity contribution is 0.329. The van der Waals surface area contributed by atoms with Gasteiger partial charge in [0.1, 0.15) is 5.82 Å². The minimum absolute atomic E-state index is 0.0785. The molecular formula is C23H24ClN6O. The number of tetrazole rings is 1. The second-order valence-corrected chi connectivity index (χ2v) is 7.63. The average Bonchev–Trinajstić information content (AvgIpc) is 3.43. The predicted molar refractivity (Wildman–Crippen MR) is 120 cm³/mol. The van der Waals surface area contributed by atoms with Crippen molar-refractivity contribution >= 4 is 11.6 Å². The van der Waals surface area contributed by atoms with Crippen LogP contribution in [0.4, 0.5) is 0 Å². The standard InChI is InChI=1S/C23H24ClN6O/c1-2-3-8-21-25-22(24)20(13-14-31)30(21)15-16-9-11-17(12-10-16)18-6-4-5-7-19(18)23-26-28-29-27-23/h4-7,9-13,31H,2-3,8,14-15H2,1H3,(H,26,27,28,29). The van der Waals surface area contributed by atoms with E-state index in [-0.39, 0.29) is 6.61 Å². The molecule has 159 valence electrons. The molecule has 31 heavy (non-hydrogen) atoms. The van der Waals surface area contributed by atoms with Crippen molar-refractivity contribution in [3.8, 4) is 22.5 Å². The number of rotatable bonds is 9. The largest absolute Gasteiger partial charge is 0.396 e. The van der Waals surface area contributed by atoms with Crippen LogP contribution in [-0.2, 0) is 13.0 Å². The fourth-order valence-corrected chi connectivity index (χ4v) is 3.93. The Morgan fingerprint density at radius 3 is 2.55 bits per heavy atom. The maximum Gasteiger partial charge on any atom is 0.180 e. The van der Waals surface area contributed by atoms with Crippen LogP contribution in [0.5, 0.6) is 0 Å². The second kappa shape index (κ2) is 9.85. The number of aryl methyl sites for hydroxylation is 1. The van der Waals surface area contributed by atoms with Crippen LogP contribution in [0.3, 0.4) is 0 Å². The lowest BCUT2D eigenvalue weighted by Gasteiger charge is -2.13. The Bertz CT molecular complexity index is 1120. The molecule has 0 fully saturated rings. The van der Waals surface area contributed by atoms with Crippen LogP contribution in [0, 0.1) is 6.42 Å². The number of aromatic amines is 1. The van der Waals surface area contributed by atoms with Crippen molar-refractivity contribution < 1.29 is 5.11 Å². The highest BCUT2D eigenvalue weighted by Gasteiger charge is 2.16. The van der Waals surface area contributed by atoms with Crippen molar-refractivity contribution in [2.45, 2.75) is 32.7 Å². The SMILES string of the molecule is CCCCc1nc(Cl)c([CH]CO)n1Cc1ccc(-c2ccccc2-c2nnn[nH]2)cc1. The number of hydrogen-bond acceptors (Lipinski definition) is 5. The van der Waals surface area contributed by atoms with E-state index in [1.54, 1.807) is 6.42 Å². The van der Waals surface area contributed by atoms with Crippen molar-refractivity contribution in [2.24, 2.45) is 0 Å². The number of benzene rings is 2. The van der Waals surface area contributed by atoms with Crippen LogP contribution >= 0.6 is 11.6 Å². The molecule has 0 atom stereocenters. The number of aliphatic hydroxyl groups is 1. The van der Waals surface area contributed by atoms with Crippen LogP contribution in [0.15, 0.2) is 48.5 Å². The molecule has 0 aliphatic heterocycles. The normalized spacial score (nSPS) is 11.2.